The number of hydrogen-bond acceptors (Lipinski definition) is 5. The molecule has 0 amide bonds. The molecule has 0 aromatic heterocycles. The number of anilines is 2. The van der Waals surface area contributed by atoms with E-state index in [0.717, 1.165) is 11.1 Å². The maximum absolute atomic E-state index is 14.3. The summed E-state index contributed by atoms with van der Waals surface area (Å²) in [7, 11) is 0. The second kappa shape index (κ2) is 9.85. The summed E-state index contributed by atoms with van der Waals surface area (Å²) in [4.78, 5) is 9.42. The summed E-state index contributed by atoms with van der Waals surface area (Å²) in [5.41, 5.74) is 4.14. The zero-order valence-corrected chi connectivity index (χ0v) is 19.8. The number of rotatable bonds is 6. The average Bonchev–Trinajstić information content (AvgIpc) is 3.62. The van der Waals surface area contributed by atoms with Crippen molar-refractivity contribution in [3.05, 3.63) is 131 Å². The minimum Gasteiger partial charge on any atom is -0.475 e. The molecule has 2 unspecified atom stereocenters. The molecule has 2 heterocycles. The van der Waals surface area contributed by atoms with Crippen LogP contribution in [-0.2, 0) is 9.47 Å². The van der Waals surface area contributed by atoms with Gasteiger partial charge in [-0.2, -0.15) is 0 Å². The highest BCUT2D eigenvalue weighted by Gasteiger charge is 2.26. The maximum Gasteiger partial charge on any atom is 0.219 e. The van der Waals surface area contributed by atoms with E-state index in [2.05, 4.69) is 5.32 Å². The summed E-state index contributed by atoms with van der Waals surface area (Å²) in [5, 5.41) is 3.30. The molecule has 0 bridgehead atoms. The van der Waals surface area contributed by atoms with Crippen LogP contribution in [0.5, 0.6) is 0 Å². The molecule has 2 aliphatic heterocycles. The Balaban J connectivity index is 1.33. The fourth-order valence-corrected chi connectivity index (χ4v) is 4.48. The van der Waals surface area contributed by atoms with Gasteiger partial charge in [-0.15, -0.1) is 0 Å². The van der Waals surface area contributed by atoms with Gasteiger partial charge in [-0.3, -0.25) is 0 Å². The Kier molecular flexibility index (Phi) is 6.10. The average molecular weight is 496 g/mol. The van der Waals surface area contributed by atoms with Crippen molar-refractivity contribution in [3.63, 3.8) is 0 Å². The molecule has 5 nitrogen and oxygen atoms in total. The van der Waals surface area contributed by atoms with Crippen molar-refractivity contribution >= 4 is 23.2 Å². The van der Waals surface area contributed by atoms with E-state index in [9.17, 15) is 8.78 Å². The second-order valence-electron chi connectivity index (χ2n) is 8.85. The van der Waals surface area contributed by atoms with Crippen molar-refractivity contribution in [1.82, 2.24) is 0 Å². The number of hydrogen-bond donors (Lipinski definition) is 1. The Morgan fingerprint density at radius 1 is 0.595 bits per heavy atom. The van der Waals surface area contributed by atoms with Crippen LogP contribution in [0.25, 0.3) is 0 Å². The third kappa shape index (κ3) is 4.80. The number of aliphatic imine (C=N–C) groups is 2. The van der Waals surface area contributed by atoms with Gasteiger partial charge in [-0.1, -0.05) is 60.7 Å². The number of nitrogens with one attached hydrogen (secondary N) is 1. The maximum atomic E-state index is 14.3. The quantitative estimate of drug-likeness (QED) is 0.322. The molecule has 184 valence electrons. The molecule has 0 fully saturated rings. The Morgan fingerprint density at radius 3 is 1.46 bits per heavy atom. The lowest BCUT2D eigenvalue weighted by molar-refractivity contribution is 0.320. The third-order valence-corrected chi connectivity index (χ3v) is 6.36. The summed E-state index contributed by atoms with van der Waals surface area (Å²) in [5.74, 6) is -0.136. The normalized spacial score (nSPS) is 18.5. The molecule has 7 heteroatoms. The van der Waals surface area contributed by atoms with E-state index < -0.39 is 11.6 Å². The van der Waals surface area contributed by atoms with Crippen LogP contribution in [0, 0.1) is 11.6 Å². The SMILES string of the molecule is Fc1ccc(Nc2ccc(F)cc2C2=NC(c3ccccc3)CO2)c(C2=NC(c3ccccc3)CO2)c1. The lowest BCUT2D eigenvalue weighted by Gasteiger charge is -2.15. The lowest BCUT2D eigenvalue weighted by Crippen LogP contribution is -2.09. The lowest BCUT2D eigenvalue weighted by atomic mass is 10.1. The summed E-state index contributed by atoms with van der Waals surface area (Å²) in [6.45, 7) is 0.727. The second-order valence-corrected chi connectivity index (χ2v) is 8.85. The Bertz CT molecular complexity index is 1380. The van der Waals surface area contributed by atoms with Crippen LogP contribution in [0.2, 0.25) is 0 Å². The molecule has 0 saturated heterocycles. The van der Waals surface area contributed by atoms with Crippen LogP contribution >= 0.6 is 0 Å². The Hall–Kier alpha value is -4.52. The van der Waals surface area contributed by atoms with Gasteiger partial charge in [0.15, 0.2) is 0 Å². The van der Waals surface area contributed by atoms with Gasteiger partial charge in [-0.05, 0) is 47.5 Å². The van der Waals surface area contributed by atoms with Gasteiger partial charge in [0.05, 0.1) is 22.5 Å². The molecular weight excluding hydrogens is 472 g/mol. The van der Waals surface area contributed by atoms with E-state index in [0.29, 0.717) is 47.5 Å². The summed E-state index contributed by atoms with van der Waals surface area (Å²) in [6, 6.07) is 28.0. The standard InChI is InChI=1S/C30H23F2N3O2/c31-21-11-13-25(23(15-21)29-34-27(17-36-29)19-7-3-1-4-8-19)33-26-14-12-22(32)16-24(26)30-35-28(18-37-30)20-9-5-2-6-10-20/h1-16,27-28,33H,17-18H2. The van der Waals surface area contributed by atoms with Crippen LogP contribution in [0.1, 0.15) is 34.3 Å². The number of halogens is 2. The smallest absolute Gasteiger partial charge is 0.219 e. The largest absolute Gasteiger partial charge is 0.475 e. The minimum atomic E-state index is -0.413. The van der Waals surface area contributed by atoms with Gasteiger partial charge in [0.1, 0.15) is 36.9 Å². The van der Waals surface area contributed by atoms with E-state index in [1.165, 1.54) is 24.3 Å². The van der Waals surface area contributed by atoms with Crippen molar-refractivity contribution in [1.29, 1.82) is 0 Å². The first-order valence-corrected chi connectivity index (χ1v) is 12.0. The summed E-state index contributed by atoms with van der Waals surface area (Å²) < 4.78 is 40.4. The molecular formula is C30H23F2N3O2. The number of benzene rings is 4. The summed E-state index contributed by atoms with van der Waals surface area (Å²) in [6.07, 6.45) is 0. The van der Waals surface area contributed by atoms with Crippen LogP contribution in [0.4, 0.5) is 20.2 Å². The van der Waals surface area contributed by atoms with E-state index >= 15 is 0 Å². The van der Waals surface area contributed by atoms with Crippen molar-refractivity contribution in [2.45, 2.75) is 12.1 Å². The number of nitrogens with zero attached hydrogens (tertiary/aromatic N) is 2. The van der Waals surface area contributed by atoms with Crippen LogP contribution < -0.4 is 5.32 Å². The zero-order valence-electron chi connectivity index (χ0n) is 19.8. The van der Waals surface area contributed by atoms with Gasteiger partial charge in [-0.25, -0.2) is 18.8 Å². The first-order chi connectivity index (χ1) is 18.1. The van der Waals surface area contributed by atoms with Gasteiger partial charge >= 0.3 is 0 Å². The Morgan fingerprint density at radius 2 is 1.03 bits per heavy atom. The molecule has 6 rings (SSSR count). The molecule has 0 spiro atoms. The zero-order chi connectivity index (χ0) is 25.2. The van der Waals surface area contributed by atoms with Crippen molar-refractivity contribution in [2.75, 3.05) is 18.5 Å². The Labute approximate surface area is 213 Å². The highest BCUT2D eigenvalue weighted by atomic mass is 19.1. The first kappa shape index (κ1) is 22.9. The van der Waals surface area contributed by atoms with Crippen LogP contribution in [0.3, 0.4) is 0 Å². The van der Waals surface area contributed by atoms with E-state index in [-0.39, 0.29) is 12.1 Å². The third-order valence-electron chi connectivity index (χ3n) is 6.36. The monoisotopic (exact) mass is 495 g/mol. The van der Waals surface area contributed by atoms with Crippen LogP contribution in [-0.4, -0.2) is 25.0 Å². The van der Waals surface area contributed by atoms with E-state index in [1.807, 2.05) is 60.7 Å². The van der Waals surface area contributed by atoms with E-state index in [4.69, 9.17) is 19.5 Å². The van der Waals surface area contributed by atoms with Crippen molar-refractivity contribution in [2.24, 2.45) is 9.98 Å². The number of ether oxygens (including phenoxy) is 2. The predicted molar refractivity (Wildman–Crippen MR) is 139 cm³/mol. The molecule has 0 aliphatic carbocycles. The van der Waals surface area contributed by atoms with Gasteiger partial charge in [0, 0.05) is 0 Å². The van der Waals surface area contributed by atoms with Gasteiger partial charge in [0.2, 0.25) is 11.8 Å². The van der Waals surface area contributed by atoms with Gasteiger partial charge in [0.25, 0.3) is 0 Å². The summed E-state index contributed by atoms with van der Waals surface area (Å²) >= 11 is 0. The molecule has 0 radical (unpaired) electrons. The first-order valence-electron chi connectivity index (χ1n) is 12.0. The molecule has 0 saturated carbocycles. The molecule has 1 N–H and O–H groups in total. The molecule has 4 aromatic rings. The predicted octanol–water partition coefficient (Wildman–Crippen LogP) is 6.74. The highest BCUT2D eigenvalue weighted by molar-refractivity contribution is 6.04. The fourth-order valence-electron chi connectivity index (χ4n) is 4.48. The molecule has 37 heavy (non-hydrogen) atoms. The molecule has 2 aliphatic rings. The molecule has 2 atom stereocenters. The van der Waals surface area contributed by atoms with E-state index in [1.54, 1.807) is 12.1 Å². The fraction of sp³-hybridized carbons (Fsp3) is 0.133. The molecule has 4 aromatic carbocycles. The van der Waals surface area contributed by atoms with Crippen LogP contribution in [0.15, 0.2) is 107 Å². The minimum absolute atomic E-state index is 0.176. The van der Waals surface area contributed by atoms with Crippen molar-refractivity contribution in [3.8, 4) is 0 Å². The topological polar surface area (TPSA) is 55.2 Å². The van der Waals surface area contributed by atoms with Crippen molar-refractivity contribution < 1.29 is 18.3 Å². The van der Waals surface area contributed by atoms with Gasteiger partial charge < -0.3 is 14.8 Å². The highest BCUT2D eigenvalue weighted by Crippen LogP contribution is 2.33.